The van der Waals surface area contributed by atoms with E-state index in [0.29, 0.717) is 5.92 Å². The summed E-state index contributed by atoms with van der Waals surface area (Å²) in [7, 11) is 2.32. The second-order valence-electron chi connectivity index (χ2n) is 5.99. The summed E-state index contributed by atoms with van der Waals surface area (Å²) in [5, 5.41) is 0. The first-order valence-corrected chi connectivity index (χ1v) is 7.39. The summed E-state index contributed by atoms with van der Waals surface area (Å²) in [5.74, 6) is 0.710. The summed E-state index contributed by atoms with van der Waals surface area (Å²) >= 11 is 0. The Morgan fingerprint density at radius 3 is 2.71 bits per heavy atom. The zero-order valence-electron chi connectivity index (χ0n) is 11.6. The van der Waals surface area contributed by atoms with Gasteiger partial charge < -0.3 is 10.6 Å². The molecule has 3 unspecified atom stereocenters. The van der Waals surface area contributed by atoms with Gasteiger partial charge in [0.1, 0.15) is 0 Å². The van der Waals surface area contributed by atoms with Crippen LogP contribution in [0.5, 0.6) is 0 Å². The summed E-state index contributed by atoms with van der Waals surface area (Å²) in [5.41, 5.74) is 5.88. The van der Waals surface area contributed by atoms with Gasteiger partial charge in [-0.25, -0.2) is 0 Å². The minimum atomic E-state index is 0.710. The van der Waals surface area contributed by atoms with Crippen LogP contribution in [0.15, 0.2) is 0 Å². The molecule has 3 heteroatoms. The fraction of sp³-hybridized carbons (Fsp3) is 1.00. The predicted molar refractivity (Wildman–Crippen MR) is 73.1 cm³/mol. The molecule has 3 nitrogen and oxygen atoms in total. The van der Waals surface area contributed by atoms with Crippen molar-refractivity contribution in [1.29, 1.82) is 0 Å². The number of nitrogens with zero attached hydrogens (tertiary/aromatic N) is 2. The van der Waals surface area contributed by atoms with Gasteiger partial charge in [-0.2, -0.15) is 0 Å². The normalized spacial score (nSPS) is 32.6. The van der Waals surface area contributed by atoms with Gasteiger partial charge in [0.15, 0.2) is 0 Å². The third-order valence-corrected chi connectivity index (χ3v) is 4.78. The molecule has 2 fully saturated rings. The van der Waals surface area contributed by atoms with Gasteiger partial charge in [0.05, 0.1) is 0 Å². The van der Waals surface area contributed by atoms with Crippen molar-refractivity contribution in [2.45, 2.75) is 51.1 Å². The molecule has 0 radical (unpaired) electrons. The highest BCUT2D eigenvalue weighted by Gasteiger charge is 2.34. The second kappa shape index (κ2) is 6.17. The SMILES string of the molecule is CCCC(CN)CN1CCC2CCC(C1)N2C. The zero-order valence-corrected chi connectivity index (χ0v) is 11.6. The van der Waals surface area contributed by atoms with Gasteiger partial charge in [0, 0.05) is 25.2 Å². The van der Waals surface area contributed by atoms with Gasteiger partial charge in [-0.1, -0.05) is 13.3 Å². The van der Waals surface area contributed by atoms with E-state index in [4.69, 9.17) is 5.73 Å². The molecule has 2 saturated heterocycles. The first-order chi connectivity index (χ1) is 8.24. The highest BCUT2D eigenvalue weighted by Crippen LogP contribution is 2.28. The van der Waals surface area contributed by atoms with Crippen LogP contribution in [0.25, 0.3) is 0 Å². The van der Waals surface area contributed by atoms with Crippen LogP contribution in [0, 0.1) is 5.92 Å². The van der Waals surface area contributed by atoms with Crippen LogP contribution in [0.4, 0.5) is 0 Å². The lowest BCUT2D eigenvalue weighted by molar-refractivity contribution is 0.195. The minimum absolute atomic E-state index is 0.710. The Kier molecular flexibility index (Phi) is 4.83. The molecule has 0 aromatic heterocycles. The highest BCUT2D eigenvalue weighted by atomic mass is 15.3. The summed E-state index contributed by atoms with van der Waals surface area (Å²) in [6.45, 7) is 6.90. The molecular weight excluding hydrogens is 210 g/mol. The maximum atomic E-state index is 5.88. The molecule has 0 aromatic carbocycles. The number of likely N-dealkylation sites (N-methyl/N-ethyl adjacent to an activating group) is 1. The maximum absolute atomic E-state index is 5.88. The molecule has 2 rings (SSSR count). The van der Waals surface area contributed by atoms with Crippen LogP contribution >= 0.6 is 0 Å². The fourth-order valence-corrected chi connectivity index (χ4v) is 3.60. The quantitative estimate of drug-likeness (QED) is 0.790. The first kappa shape index (κ1) is 13.3. The Balaban J connectivity index is 1.86. The average molecular weight is 239 g/mol. The monoisotopic (exact) mass is 239 g/mol. The summed E-state index contributed by atoms with van der Waals surface area (Å²) in [4.78, 5) is 5.30. The molecule has 2 N–H and O–H groups in total. The van der Waals surface area contributed by atoms with Crippen LogP contribution in [0.1, 0.15) is 39.0 Å². The molecule has 2 heterocycles. The van der Waals surface area contributed by atoms with Crippen molar-refractivity contribution < 1.29 is 0 Å². The summed E-state index contributed by atoms with van der Waals surface area (Å²) in [6, 6.07) is 1.66. The van der Waals surface area contributed by atoms with Crippen molar-refractivity contribution in [2.24, 2.45) is 11.7 Å². The van der Waals surface area contributed by atoms with Crippen molar-refractivity contribution in [3.05, 3.63) is 0 Å². The van der Waals surface area contributed by atoms with Gasteiger partial charge >= 0.3 is 0 Å². The average Bonchev–Trinajstić information content (AvgIpc) is 2.56. The number of fused-ring (bicyclic) bond motifs is 2. The number of hydrogen-bond acceptors (Lipinski definition) is 3. The van der Waals surface area contributed by atoms with E-state index in [1.54, 1.807) is 0 Å². The molecule has 0 spiro atoms. The van der Waals surface area contributed by atoms with E-state index in [1.807, 2.05) is 0 Å². The van der Waals surface area contributed by atoms with E-state index in [-0.39, 0.29) is 0 Å². The van der Waals surface area contributed by atoms with E-state index >= 15 is 0 Å². The molecule has 0 aliphatic carbocycles. The van der Waals surface area contributed by atoms with Gasteiger partial charge in [-0.15, -0.1) is 0 Å². The number of hydrogen-bond donors (Lipinski definition) is 1. The lowest BCUT2D eigenvalue weighted by Crippen LogP contribution is -2.39. The second-order valence-corrected chi connectivity index (χ2v) is 5.99. The Hall–Kier alpha value is -0.120. The first-order valence-electron chi connectivity index (χ1n) is 7.39. The van der Waals surface area contributed by atoms with Crippen molar-refractivity contribution in [3.63, 3.8) is 0 Å². The number of nitrogens with two attached hydrogens (primary N) is 1. The third kappa shape index (κ3) is 3.21. The van der Waals surface area contributed by atoms with E-state index in [9.17, 15) is 0 Å². The predicted octanol–water partition coefficient (Wildman–Crippen LogP) is 1.53. The number of rotatable bonds is 5. The van der Waals surface area contributed by atoms with Gasteiger partial charge in [-0.05, 0) is 51.7 Å². The van der Waals surface area contributed by atoms with Crippen LogP contribution < -0.4 is 5.73 Å². The van der Waals surface area contributed by atoms with Gasteiger partial charge in [0.2, 0.25) is 0 Å². The molecule has 100 valence electrons. The van der Waals surface area contributed by atoms with E-state index in [1.165, 1.54) is 51.7 Å². The largest absolute Gasteiger partial charge is 0.330 e. The standard InChI is InChI=1S/C14H29N3/c1-3-4-12(9-15)10-17-8-7-13-5-6-14(11-17)16(13)2/h12-14H,3-11,15H2,1-2H3. The van der Waals surface area contributed by atoms with Gasteiger partial charge in [-0.3, -0.25) is 4.90 Å². The van der Waals surface area contributed by atoms with Crippen molar-refractivity contribution in [1.82, 2.24) is 9.80 Å². The van der Waals surface area contributed by atoms with Crippen molar-refractivity contribution in [3.8, 4) is 0 Å². The molecule has 0 saturated carbocycles. The molecule has 0 aromatic rings. The van der Waals surface area contributed by atoms with E-state index in [2.05, 4.69) is 23.8 Å². The Morgan fingerprint density at radius 2 is 2.00 bits per heavy atom. The lowest BCUT2D eigenvalue weighted by Gasteiger charge is -2.28. The molecule has 2 aliphatic rings. The van der Waals surface area contributed by atoms with Gasteiger partial charge in [0.25, 0.3) is 0 Å². The fourth-order valence-electron chi connectivity index (χ4n) is 3.60. The third-order valence-electron chi connectivity index (χ3n) is 4.78. The van der Waals surface area contributed by atoms with Crippen LogP contribution in [0.2, 0.25) is 0 Å². The van der Waals surface area contributed by atoms with Crippen LogP contribution in [-0.2, 0) is 0 Å². The van der Waals surface area contributed by atoms with Crippen LogP contribution in [0.3, 0.4) is 0 Å². The maximum Gasteiger partial charge on any atom is 0.0223 e. The Bertz CT molecular complexity index is 232. The van der Waals surface area contributed by atoms with E-state index in [0.717, 1.165) is 18.6 Å². The molecule has 17 heavy (non-hydrogen) atoms. The van der Waals surface area contributed by atoms with Crippen molar-refractivity contribution >= 4 is 0 Å². The minimum Gasteiger partial charge on any atom is -0.330 e. The number of likely N-dealkylation sites (tertiary alicyclic amines) is 1. The lowest BCUT2D eigenvalue weighted by atomic mass is 10.0. The Morgan fingerprint density at radius 1 is 1.24 bits per heavy atom. The smallest absolute Gasteiger partial charge is 0.0223 e. The Labute approximate surface area is 106 Å². The molecule has 2 aliphatic heterocycles. The summed E-state index contributed by atoms with van der Waals surface area (Å²) in [6.07, 6.45) is 6.73. The van der Waals surface area contributed by atoms with Crippen LogP contribution in [-0.4, -0.2) is 55.1 Å². The molecule has 0 amide bonds. The van der Waals surface area contributed by atoms with E-state index < -0.39 is 0 Å². The summed E-state index contributed by atoms with van der Waals surface area (Å²) < 4.78 is 0. The molecular formula is C14H29N3. The highest BCUT2D eigenvalue weighted by molar-refractivity contribution is 4.91. The van der Waals surface area contributed by atoms with Crippen molar-refractivity contribution in [2.75, 3.05) is 33.2 Å². The topological polar surface area (TPSA) is 32.5 Å². The molecule has 2 bridgehead atoms. The zero-order chi connectivity index (χ0) is 12.3. The molecule has 3 atom stereocenters.